The average molecular weight is 197 g/mol. The molecule has 0 N–H and O–H groups in total. The minimum atomic E-state index is -5.61. The molecule has 0 unspecified atom stereocenters. The largest absolute Gasteiger partial charge is 0.653 e. The summed E-state index contributed by atoms with van der Waals surface area (Å²) >= 11 is 5.41. The van der Waals surface area contributed by atoms with Crippen LogP contribution in [0, 0.1) is 0 Å². The van der Waals surface area contributed by atoms with Crippen molar-refractivity contribution >= 4 is 25.9 Å². The van der Waals surface area contributed by atoms with Crippen LogP contribution in [0.15, 0.2) is 24.3 Å². The van der Waals surface area contributed by atoms with E-state index in [1.54, 1.807) is 0 Å². The molecule has 1 rings (SSSR count). The van der Waals surface area contributed by atoms with Crippen molar-refractivity contribution in [2.45, 2.75) is 0 Å². The normalized spacial score (nSPS) is 11.6. The Bertz CT molecular complexity index is 241. The van der Waals surface area contributed by atoms with E-state index in [0.717, 1.165) is 12.1 Å². The van der Waals surface area contributed by atoms with Crippen LogP contribution in [0.5, 0.6) is 0 Å². The third kappa shape index (κ3) is 2.23. The summed E-state index contributed by atoms with van der Waals surface area (Å²) in [7, 11) is -5.61. The number of hydrogen-bond acceptors (Lipinski definition) is 0. The molecule has 0 saturated heterocycles. The molecule has 60 valence electrons. The van der Waals surface area contributed by atoms with Gasteiger partial charge in [0.05, 0.1) is 0 Å². The molecule has 5 heteroatoms. The lowest BCUT2D eigenvalue weighted by Crippen LogP contribution is -2.33. The zero-order chi connectivity index (χ0) is 8.48. The topological polar surface area (TPSA) is 0 Å². The first-order chi connectivity index (χ1) is 5.00. The van der Waals surface area contributed by atoms with Crippen molar-refractivity contribution in [2.75, 3.05) is 0 Å². The van der Waals surface area contributed by atoms with Gasteiger partial charge in [-0.3, -0.25) is 0 Å². The lowest BCUT2D eigenvalue weighted by atomic mass is 10.4. The van der Waals surface area contributed by atoms with Crippen LogP contribution in [0.4, 0.5) is 12.3 Å². The van der Waals surface area contributed by atoms with Gasteiger partial charge in [0.1, 0.15) is 0 Å². The molecule has 0 aromatic heterocycles. The van der Waals surface area contributed by atoms with Gasteiger partial charge in [-0.25, -0.2) is 12.3 Å². The number of benzene rings is 1. The summed E-state index contributed by atoms with van der Waals surface area (Å²) in [5.41, 5.74) is 0. The minimum absolute atomic E-state index is 0.326. The number of hydrogen-bond donors (Lipinski definition) is 0. The summed E-state index contributed by atoms with van der Waals surface area (Å²) < 4.78 is 36.0. The Labute approximate surface area is 68.1 Å². The van der Waals surface area contributed by atoms with Crippen LogP contribution in [-0.4, -0.2) is 9.08 Å². The standard InChI is InChI=1S/C6H4ClF3Si/c7-5-1-3-6(4-2-5)11(8,9)10/h1-4H. The van der Waals surface area contributed by atoms with Crippen LogP contribution >= 0.6 is 11.6 Å². The predicted octanol–water partition coefficient (Wildman–Crippen LogP) is 2.39. The summed E-state index contributed by atoms with van der Waals surface area (Å²) in [5, 5.41) is -0.214. The molecule has 0 heterocycles. The van der Waals surface area contributed by atoms with Crippen LogP contribution in [0.25, 0.3) is 0 Å². The van der Waals surface area contributed by atoms with Gasteiger partial charge in [-0.2, -0.15) is 0 Å². The van der Waals surface area contributed by atoms with Crippen LogP contribution in [-0.2, 0) is 0 Å². The summed E-state index contributed by atoms with van der Waals surface area (Å²) in [6.07, 6.45) is 0. The zero-order valence-corrected chi connectivity index (χ0v) is 7.08. The van der Waals surface area contributed by atoms with Crippen LogP contribution in [0.3, 0.4) is 0 Å². The van der Waals surface area contributed by atoms with E-state index in [4.69, 9.17) is 11.6 Å². The van der Waals surface area contributed by atoms with Gasteiger partial charge in [0.25, 0.3) is 0 Å². The Kier molecular flexibility index (Phi) is 2.24. The Hall–Kier alpha value is -0.483. The van der Waals surface area contributed by atoms with E-state index in [9.17, 15) is 12.3 Å². The van der Waals surface area contributed by atoms with Gasteiger partial charge in [0.15, 0.2) is 0 Å². The van der Waals surface area contributed by atoms with Crippen molar-refractivity contribution in [3.05, 3.63) is 29.3 Å². The van der Waals surface area contributed by atoms with Crippen LogP contribution in [0.2, 0.25) is 5.02 Å². The van der Waals surface area contributed by atoms with Crippen LogP contribution < -0.4 is 5.19 Å². The van der Waals surface area contributed by atoms with E-state index in [1.165, 1.54) is 12.1 Å². The van der Waals surface area contributed by atoms with Crippen molar-refractivity contribution in [3.8, 4) is 0 Å². The van der Waals surface area contributed by atoms with E-state index in [0.29, 0.717) is 5.02 Å². The van der Waals surface area contributed by atoms with Gasteiger partial charge >= 0.3 is 9.08 Å². The van der Waals surface area contributed by atoms with Crippen molar-refractivity contribution in [2.24, 2.45) is 0 Å². The van der Waals surface area contributed by atoms with E-state index in [2.05, 4.69) is 0 Å². The molecule has 0 bridgehead atoms. The second-order valence-electron chi connectivity index (χ2n) is 2.00. The monoisotopic (exact) mass is 196 g/mol. The Morgan fingerprint density at radius 1 is 1.00 bits per heavy atom. The molecule has 0 aliphatic carbocycles. The molecular weight excluding hydrogens is 193 g/mol. The number of rotatable bonds is 1. The quantitative estimate of drug-likeness (QED) is 0.478. The fraction of sp³-hybridized carbons (Fsp3) is 0. The molecule has 0 saturated carbocycles. The molecule has 0 fully saturated rings. The first kappa shape index (κ1) is 8.61. The van der Waals surface area contributed by atoms with Crippen molar-refractivity contribution < 1.29 is 12.3 Å². The molecule has 0 nitrogen and oxygen atoms in total. The fourth-order valence-electron chi connectivity index (χ4n) is 0.639. The third-order valence-electron chi connectivity index (χ3n) is 1.17. The molecule has 0 aliphatic heterocycles. The highest BCUT2D eigenvalue weighted by Crippen LogP contribution is 2.11. The van der Waals surface area contributed by atoms with Crippen LogP contribution in [0.1, 0.15) is 0 Å². The maximum absolute atomic E-state index is 12.0. The lowest BCUT2D eigenvalue weighted by Gasteiger charge is -2.00. The smallest absolute Gasteiger partial charge is 0.234 e. The fourth-order valence-corrected chi connectivity index (χ4v) is 1.31. The zero-order valence-electron chi connectivity index (χ0n) is 5.32. The van der Waals surface area contributed by atoms with Gasteiger partial charge in [0.2, 0.25) is 0 Å². The second kappa shape index (κ2) is 2.87. The van der Waals surface area contributed by atoms with E-state index in [-0.39, 0.29) is 0 Å². The van der Waals surface area contributed by atoms with Gasteiger partial charge in [0, 0.05) is 10.2 Å². The van der Waals surface area contributed by atoms with E-state index in [1.807, 2.05) is 0 Å². The molecule has 0 amide bonds. The van der Waals surface area contributed by atoms with Crippen molar-refractivity contribution in [1.29, 1.82) is 0 Å². The summed E-state index contributed by atoms with van der Waals surface area (Å²) in [6, 6.07) is 4.51. The summed E-state index contributed by atoms with van der Waals surface area (Å²) in [6.45, 7) is 0. The first-order valence-corrected chi connectivity index (χ1v) is 4.84. The van der Waals surface area contributed by atoms with Crippen molar-refractivity contribution in [3.63, 3.8) is 0 Å². The second-order valence-corrected chi connectivity index (χ2v) is 4.01. The van der Waals surface area contributed by atoms with Gasteiger partial charge < -0.3 is 0 Å². The first-order valence-electron chi connectivity index (χ1n) is 2.83. The Morgan fingerprint density at radius 3 is 1.82 bits per heavy atom. The predicted molar refractivity (Wildman–Crippen MR) is 40.2 cm³/mol. The molecule has 0 atom stereocenters. The van der Waals surface area contributed by atoms with Gasteiger partial charge in [-0.05, 0) is 12.1 Å². The Morgan fingerprint density at radius 2 is 1.45 bits per heavy atom. The molecule has 0 radical (unpaired) electrons. The average Bonchev–Trinajstić information content (AvgIpc) is 1.86. The highest BCUT2D eigenvalue weighted by Gasteiger charge is 2.39. The molecule has 0 aliphatic rings. The molecular formula is C6H4ClF3Si. The maximum Gasteiger partial charge on any atom is 0.653 e. The van der Waals surface area contributed by atoms with Gasteiger partial charge in [-0.1, -0.05) is 23.7 Å². The van der Waals surface area contributed by atoms with Crippen molar-refractivity contribution in [1.82, 2.24) is 0 Å². The maximum atomic E-state index is 12.0. The van der Waals surface area contributed by atoms with E-state index < -0.39 is 14.3 Å². The number of halogens is 4. The SMILES string of the molecule is F[Si](F)(F)c1ccc(Cl)cc1. The third-order valence-corrected chi connectivity index (χ3v) is 2.41. The van der Waals surface area contributed by atoms with E-state index >= 15 is 0 Å². The molecule has 0 spiro atoms. The molecule has 1 aromatic carbocycles. The molecule has 1 aromatic rings. The molecule has 11 heavy (non-hydrogen) atoms. The summed E-state index contributed by atoms with van der Waals surface area (Å²) in [5.74, 6) is 0. The van der Waals surface area contributed by atoms with Gasteiger partial charge in [-0.15, -0.1) is 0 Å². The minimum Gasteiger partial charge on any atom is -0.234 e. The summed E-state index contributed by atoms with van der Waals surface area (Å²) in [4.78, 5) is 0. The highest BCUT2D eigenvalue weighted by atomic mass is 35.5. The lowest BCUT2D eigenvalue weighted by molar-refractivity contribution is 0.501. The Balaban J connectivity index is 2.99. The highest BCUT2D eigenvalue weighted by molar-refractivity contribution is 6.73.